The van der Waals surface area contributed by atoms with Gasteiger partial charge in [0.1, 0.15) is 5.75 Å². The van der Waals surface area contributed by atoms with Crippen molar-refractivity contribution in [3.8, 4) is 5.75 Å². The van der Waals surface area contributed by atoms with Crippen LogP contribution < -0.4 is 9.46 Å². The lowest BCUT2D eigenvalue weighted by atomic mass is 10.0. The molecule has 1 N–H and O–H groups in total. The van der Waals surface area contributed by atoms with Crippen molar-refractivity contribution >= 4 is 27.6 Å². The molecule has 2 aromatic rings. The van der Waals surface area contributed by atoms with Crippen LogP contribution >= 0.6 is 11.6 Å². The third-order valence-electron chi connectivity index (χ3n) is 3.89. The number of carbonyl (C=O) groups is 1. The number of hydrogen-bond donors (Lipinski definition) is 1. The predicted octanol–water partition coefficient (Wildman–Crippen LogP) is 3.63. The van der Waals surface area contributed by atoms with Crippen molar-refractivity contribution in [2.45, 2.75) is 31.2 Å². The summed E-state index contributed by atoms with van der Waals surface area (Å²) in [5.41, 5.74) is 1.69. The third kappa shape index (κ3) is 5.69. The zero-order chi connectivity index (χ0) is 20.0. The normalized spacial score (nSPS) is 12.4. The molecule has 0 saturated carbocycles. The second-order valence-corrected chi connectivity index (χ2v) is 8.01. The number of halogens is 1. The van der Waals surface area contributed by atoms with E-state index < -0.39 is 22.0 Å². The van der Waals surface area contributed by atoms with Crippen LogP contribution in [0.3, 0.4) is 0 Å². The highest BCUT2D eigenvalue weighted by molar-refractivity contribution is 7.89. The molecule has 6 nitrogen and oxygen atoms in total. The van der Waals surface area contributed by atoms with E-state index in [1.807, 2.05) is 19.1 Å². The molecule has 8 heteroatoms. The first kappa shape index (κ1) is 21.2. The topological polar surface area (TPSA) is 81.7 Å². The van der Waals surface area contributed by atoms with Gasteiger partial charge < -0.3 is 9.47 Å². The highest BCUT2D eigenvalue weighted by Gasteiger charge is 2.25. The number of esters is 1. The first-order valence-corrected chi connectivity index (χ1v) is 10.2. The summed E-state index contributed by atoms with van der Waals surface area (Å²) in [5, 5.41) is 0.304. The smallest absolute Gasteiger partial charge is 0.307 e. The van der Waals surface area contributed by atoms with Crippen molar-refractivity contribution < 1.29 is 22.7 Å². The first-order valence-electron chi connectivity index (χ1n) is 8.35. The van der Waals surface area contributed by atoms with E-state index in [1.54, 1.807) is 19.1 Å². The van der Waals surface area contributed by atoms with E-state index in [4.69, 9.17) is 21.1 Å². The average molecular weight is 412 g/mol. The van der Waals surface area contributed by atoms with Gasteiger partial charge in [-0.1, -0.05) is 41.4 Å². The lowest BCUT2D eigenvalue weighted by Gasteiger charge is -2.19. The van der Waals surface area contributed by atoms with Gasteiger partial charge in [0, 0.05) is 6.07 Å². The highest BCUT2D eigenvalue weighted by Crippen LogP contribution is 2.28. The first-order chi connectivity index (χ1) is 12.8. The maximum atomic E-state index is 12.8. The molecule has 0 aromatic heterocycles. The lowest BCUT2D eigenvalue weighted by Crippen LogP contribution is -2.30. The fourth-order valence-electron chi connectivity index (χ4n) is 2.48. The van der Waals surface area contributed by atoms with Crippen LogP contribution in [0.1, 0.15) is 30.5 Å². The van der Waals surface area contributed by atoms with Crippen LogP contribution in [0.25, 0.3) is 0 Å². The summed E-state index contributed by atoms with van der Waals surface area (Å²) in [5.74, 6) is -0.240. The number of carbonyl (C=O) groups excluding carboxylic acids is 1. The van der Waals surface area contributed by atoms with E-state index in [-0.39, 0.29) is 23.7 Å². The molecule has 0 aliphatic rings. The van der Waals surface area contributed by atoms with E-state index >= 15 is 0 Å². The van der Waals surface area contributed by atoms with Crippen molar-refractivity contribution in [1.29, 1.82) is 0 Å². The van der Waals surface area contributed by atoms with Gasteiger partial charge in [-0.2, -0.15) is 0 Å². The number of aryl methyl sites for hydroxylation is 1. The Morgan fingerprint density at radius 1 is 1.19 bits per heavy atom. The fourth-order valence-corrected chi connectivity index (χ4v) is 3.91. The standard InChI is InChI=1S/C19H22ClNO5S/c1-4-26-19(22)12-17(14-7-5-13(2)6-8-14)21-27(23,24)15-9-10-16(20)18(11-15)25-3/h5-11,17,21H,4,12H2,1-3H3/t17-/m1/s1. The van der Waals surface area contributed by atoms with E-state index in [1.165, 1.54) is 25.3 Å². The largest absolute Gasteiger partial charge is 0.495 e. The summed E-state index contributed by atoms with van der Waals surface area (Å²) in [6, 6.07) is 10.7. The third-order valence-corrected chi connectivity index (χ3v) is 5.67. The molecule has 0 fully saturated rings. The van der Waals surface area contributed by atoms with Gasteiger partial charge >= 0.3 is 5.97 Å². The van der Waals surface area contributed by atoms with Gasteiger partial charge in [-0.15, -0.1) is 0 Å². The van der Waals surface area contributed by atoms with Gasteiger partial charge in [0.05, 0.1) is 36.1 Å². The van der Waals surface area contributed by atoms with E-state index in [2.05, 4.69) is 4.72 Å². The van der Waals surface area contributed by atoms with Crippen LogP contribution in [0.15, 0.2) is 47.4 Å². The lowest BCUT2D eigenvalue weighted by molar-refractivity contribution is -0.143. The van der Waals surface area contributed by atoms with Gasteiger partial charge in [-0.3, -0.25) is 4.79 Å². The molecule has 1 atom stereocenters. The maximum absolute atomic E-state index is 12.8. The Balaban J connectivity index is 2.35. The van der Waals surface area contributed by atoms with Crippen LogP contribution in [0, 0.1) is 6.92 Å². The average Bonchev–Trinajstić information content (AvgIpc) is 2.62. The number of rotatable bonds is 8. The van der Waals surface area contributed by atoms with Gasteiger partial charge in [-0.05, 0) is 31.5 Å². The molecule has 0 unspecified atom stereocenters. The quantitative estimate of drug-likeness (QED) is 0.671. The van der Waals surface area contributed by atoms with Gasteiger partial charge in [0.15, 0.2) is 0 Å². The van der Waals surface area contributed by atoms with Crippen molar-refractivity contribution in [2.75, 3.05) is 13.7 Å². The number of hydrogen-bond acceptors (Lipinski definition) is 5. The number of nitrogens with one attached hydrogen (secondary N) is 1. The summed E-state index contributed by atoms with van der Waals surface area (Å²) in [6.45, 7) is 3.85. The summed E-state index contributed by atoms with van der Waals surface area (Å²) in [6.07, 6.45) is -0.124. The molecule has 0 saturated heterocycles. The number of ether oxygens (including phenoxy) is 2. The molecule has 0 heterocycles. The van der Waals surface area contributed by atoms with E-state index in [0.717, 1.165) is 5.56 Å². The fraction of sp³-hybridized carbons (Fsp3) is 0.316. The zero-order valence-corrected chi connectivity index (χ0v) is 16.9. The Morgan fingerprint density at radius 2 is 1.85 bits per heavy atom. The minimum atomic E-state index is -3.92. The molecular weight excluding hydrogens is 390 g/mol. The van der Waals surface area contributed by atoms with Crippen molar-refractivity contribution in [1.82, 2.24) is 4.72 Å². The molecule has 0 amide bonds. The molecular formula is C19H22ClNO5S. The summed E-state index contributed by atoms with van der Waals surface area (Å²) in [4.78, 5) is 12.0. The Morgan fingerprint density at radius 3 is 2.44 bits per heavy atom. The van der Waals surface area contributed by atoms with Crippen LogP contribution in [-0.2, 0) is 19.6 Å². The molecule has 27 heavy (non-hydrogen) atoms. The van der Waals surface area contributed by atoms with Gasteiger partial charge in [0.2, 0.25) is 10.0 Å². The Hall–Kier alpha value is -2.09. The van der Waals surface area contributed by atoms with Gasteiger partial charge in [0.25, 0.3) is 0 Å². The molecule has 0 aliphatic heterocycles. The second kappa shape index (κ2) is 9.21. The SMILES string of the molecule is CCOC(=O)C[C@@H](NS(=O)(=O)c1ccc(Cl)c(OC)c1)c1ccc(C)cc1. The van der Waals surface area contributed by atoms with Crippen LogP contribution in [0.5, 0.6) is 5.75 Å². The molecule has 0 radical (unpaired) electrons. The highest BCUT2D eigenvalue weighted by atomic mass is 35.5. The Kier molecular flexibility index (Phi) is 7.24. The summed E-state index contributed by atoms with van der Waals surface area (Å²) in [7, 11) is -2.52. The molecule has 146 valence electrons. The Bertz CT molecular complexity index is 897. The predicted molar refractivity (Wildman–Crippen MR) is 103 cm³/mol. The van der Waals surface area contributed by atoms with Crippen LogP contribution in [0.2, 0.25) is 5.02 Å². The van der Waals surface area contributed by atoms with E-state index in [0.29, 0.717) is 10.6 Å². The van der Waals surface area contributed by atoms with Gasteiger partial charge in [-0.25, -0.2) is 13.1 Å². The van der Waals surface area contributed by atoms with Crippen LogP contribution in [0.4, 0.5) is 0 Å². The minimum absolute atomic E-state index is 0.00952. The molecule has 0 spiro atoms. The zero-order valence-electron chi connectivity index (χ0n) is 15.4. The monoisotopic (exact) mass is 411 g/mol. The molecule has 0 bridgehead atoms. The summed E-state index contributed by atoms with van der Waals surface area (Å²) >= 11 is 5.97. The Labute approximate surface area is 164 Å². The maximum Gasteiger partial charge on any atom is 0.307 e. The molecule has 0 aliphatic carbocycles. The molecule has 2 rings (SSSR count). The number of benzene rings is 2. The summed E-state index contributed by atoms with van der Waals surface area (Å²) < 4.78 is 38.3. The second-order valence-electron chi connectivity index (χ2n) is 5.89. The molecule has 2 aromatic carbocycles. The number of methoxy groups -OCH3 is 1. The minimum Gasteiger partial charge on any atom is -0.495 e. The van der Waals surface area contributed by atoms with Crippen molar-refractivity contribution in [3.05, 3.63) is 58.6 Å². The number of sulfonamides is 1. The van der Waals surface area contributed by atoms with Crippen molar-refractivity contribution in [3.63, 3.8) is 0 Å². The van der Waals surface area contributed by atoms with Crippen LogP contribution in [-0.4, -0.2) is 28.1 Å². The van der Waals surface area contributed by atoms with Crippen molar-refractivity contribution in [2.24, 2.45) is 0 Å². The van der Waals surface area contributed by atoms with E-state index in [9.17, 15) is 13.2 Å².